The third kappa shape index (κ3) is 1.76. The summed E-state index contributed by atoms with van der Waals surface area (Å²) in [5, 5.41) is 52.8. The summed E-state index contributed by atoms with van der Waals surface area (Å²) in [6.07, 6.45) is -3.98. The summed E-state index contributed by atoms with van der Waals surface area (Å²) < 4.78 is 5.21. The minimum Gasteiger partial charge on any atom is -0.856 e. The van der Waals surface area contributed by atoms with Gasteiger partial charge in [-0.05, 0) is 0 Å². The summed E-state index contributed by atoms with van der Waals surface area (Å²) in [6.45, 7) is -0.516. The number of hydroxylamine groups is 2. The fourth-order valence-corrected chi connectivity index (χ4v) is 2.14. The fourth-order valence-electron chi connectivity index (χ4n) is 2.14. The van der Waals surface area contributed by atoms with Crippen molar-refractivity contribution in [2.75, 3.05) is 6.61 Å². The zero-order chi connectivity index (χ0) is 14.4. The minimum absolute atomic E-state index is 0.0875. The number of quaternary nitrogens is 1. The highest BCUT2D eigenvalue weighted by atomic mass is 17.0. The Hall–Kier alpha value is -1.76. The van der Waals surface area contributed by atoms with Crippen LogP contribution in [0.2, 0.25) is 0 Å². The Morgan fingerprint density at radius 1 is 1.40 bits per heavy atom. The molecule has 0 aromatic carbocycles. The van der Waals surface area contributed by atoms with Gasteiger partial charge >= 0.3 is 0 Å². The van der Waals surface area contributed by atoms with Gasteiger partial charge in [-0.2, -0.15) is 10.1 Å². The van der Waals surface area contributed by atoms with Crippen LogP contribution < -0.4 is 10.3 Å². The van der Waals surface area contributed by atoms with E-state index in [2.05, 4.69) is 15.1 Å². The number of rotatable bonds is 2. The zero-order valence-corrected chi connectivity index (χ0v) is 9.95. The quantitative estimate of drug-likeness (QED) is 0.338. The van der Waals surface area contributed by atoms with Crippen LogP contribution in [-0.4, -0.2) is 68.7 Å². The molecule has 0 amide bonds. The van der Waals surface area contributed by atoms with Crippen LogP contribution in [0.15, 0.2) is 21.7 Å². The highest BCUT2D eigenvalue weighted by Gasteiger charge is 2.47. The SMILES string of the molecule is [O-]C1=C2C(=NO[NH+]2O)N=CN1[C@H]1O[C@@H](CO)[C@@H](O)[C@@H]1O. The molecule has 0 saturated carbocycles. The van der Waals surface area contributed by atoms with E-state index < -0.39 is 42.3 Å². The maximum Gasteiger partial charge on any atom is 0.269 e. The summed E-state index contributed by atoms with van der Waals surface area (Å²) in [7, 11) is 0. The van der Waals surface area contributed by atoms with E-state index in [0.29, 0.717) is 0 Å². The number of oxime groups is 1. The van der Waals surface area contributed by atoms with E-state index in [1.54, 1.807) is 0 Å². The van der Waals surface area contributed by atoms with Gasteiger partial charge in [0.1, 0.15) is 18.3 Å². The highest BCUT2D eigenvalue weighted by molar-refractivity contribution is 6.02. The summed E-state index contributed by atoms with van der Waals surface area (Å²) >= 11 is 0. The molecule has 0 aromatic rings. The molecule has 0 bridgehead atoms. The standard InChI is InChI=1S/C9H12N4O7/c14-1-3-5(15)6(16)9(19-3)12-2-10-7-4(8(12)17)13(18)20-11-7/h2-3,5-6,9,14-18H,1H2/t3-,5+,6-,9-/m0/s1. The average molecular weight is 288 g/mol. The summed E-state index contributed by atoms with van der Waals surface area (Å²) in [5.41, 5.74) is -0.259. The molecule has 11 nitrogen and oxygen atoms in total. The molecule has 0 radical (unpaired) electrons. The van der Waals surface area contributed by atoms with Crippen LogP contribution in [0.4, 0.5) is 0 Å². The minimum atomic E-state index is -1.42. The predicted octanol–water partition coefficient (Wildman–Crippen LogP) is -5.17. The van der Waals surface area contributed by atoms with Gasteiger partial charge in [-0.3, -0.25) is 0 Å². The number of ether oxygens (including phenoxy) is 1. The van der Waals surface area contributed by atoms with Gasteiger partial charge in [-0.25, -0.2) is 4.99 Å². The van der Waals surface area contributed by atoms with Crippen molar-refractivity contribution in [1.82, 2.24) is 4.90 Å². The van der Waals surface area contributed by atoms with Crippen LogP contribution in [0.3, 0.4) is 0 Å². The maximum atomic E-state index is 12.2. The number of aliphatic hydroxyl groups is 3. The van der Waals surface area contributed by atoms with E-state index in [0.717, 1.165) is 11.2 Å². The summed E-state index contributed by atoms with van der Waals surface area (Å²) in [6, 6.07) is 0. The Labute approximate surface area is 111 Å². The Morgan fingerprint density at radius 3 is 2.80 bits per heavy atom. The molecule has 3 aliphatic rings. The topological polar surface area (TPSA) is 155 Å². The van der Waals surface area contributed by atoms with E-state index in [1.807, 2.05) is 0 Å². The predicted molar refractivity (Wildman–Crippen MR) is 56.4 cm³/mol. The molecule has 1 saturated heterocycles. The van der Waals surface area contributed by atoms with Crippen LogP contribution in [0.5, 0.6) is 0 Å². The lowest BCUT2D eigenvalue weighted by Crippen LogP contribution is -3.05. The van der Waals surface area contributed by atoms with Gasteiger partial charge in [0.05, 0.1) is 12.9 Å². The third-order valence-corrected chi connectivity index (χ3v) is 3.20. The number of hydrogen-bond donors (Lipinski definition) is 5. The second-order valence-corrected chi connectivity index (χ2v) is 4.37. The van der Waals surface area contributed by atoms with Crippen molar-refractivity contribution in [2.24, 2.45) is 10.1 Å². The van der Waals surface area contributed by atoms with E-state index >= 15 is 0 Å². The summed E-state index contributed by atoms with van der Waals surface area (Å²) in [4.78, 5) is 9.11. The third-order valence-electron chi connectivity index (χ3n) is 3.20. The first-order chi connectivity index (χ1) is 9.54. The molecule has 3 aliphatic heterocycles. The maximum absolute atomic E-state index is 12.2. The number of nitrogens with zero attached hydrogens (tertiary/aromatic N) is 3. The van der Waals surface area contributed by atoms with Gasteiger partial charge in [0.2, 0.25) is 0 Å². The van der Waals surface area contributed by atoms with E-state index in [1.165, 1.54) is 0 Å². The molecular weight excluding hydrogens is 276 g/mol. The number of fused-ring (bicyclic) bond motifs is 1. The first kappa shape index (κ1) is 13.2. The van der Waals surface area contributed by atoms with Crippen molar-refractivity contribution >= 4 is 12.2 Å². The Kier molecular flexibility index (Phi) is 3.08. The van der Waals surface area contributed by atoms with Crippen molar-refractivity contribution in [3.8, 4) is 0 Å². The van der Waals surface area contributed by atoms with Crippen molar-refractivity contribution in [3.63, 3.8) is 0 Å². The first-order valence-electron chi connectivity index (χ1n) is 5.72. The highest BCUT2D eigenvalue weighted by Crippen LogP contribution is 2.26. The largest absolute Gasteiger partial charge is 0.856 e. The Morgan fingerprint density at radius 2 is 2.15 bits per heavy atom. The lowest BCUT2D eigenvalue weighted by molar-refractivity contribution is -1.21. The van der Waals surface area contributed by atoms with Gasteiger partial charge in [0, 0.05) is 16.3 Å². The molecule has 20 heavy (non-hydrogen) atoms. The van der Waals surface area contributed by atoms with E-state index in [4.69, 9.17) is 9.84 Å². The van der Waals surface area contributed by atoms with Crippen LogP contribution in [-0.2, 0) is 9.68 Å². The van der Waals surface area contributed by atoms with Crippen LogP contribution in [0, 0.1) is 0 Å². The zero-order valence-electron chi connectivity index (χ0n) is 9.95. The molecule has 0 aliphatic carbocycles. The van der Waals surface area contributed by atoms with Gasteiger partial charge in [-0.1, -0.05) is 0 Å². The molecule has 11 heteroatoms. The Bertz CT molecular complexity index is 507. The molecule has 1 fully saturated rings. The van der Waals surface area contributed by atoms with Crippen LogP contribution in [0.25, 0.3) is 0 Å². The molecule has 1 unspecified atom stereocenters. The van der Waals surface area contributed by atoms with Crippen molar-refractivity contribution in [2.45, 2.75) is 24.5 Å². The van der Waals surface area contributed by atoms with Crippen LogP contribution >= 0.6 is 0 Å². The smallest absolute Gasteiger partial charge is 0.269 e. The second kappa shape index (κ2) is 4.66. The lowest BCUT2D eigenvalue weighted by atomic mass is 10.1. The molecule has 5 atom stereocenters. The van der Waals surface area contributed by atoms with Crippen molar-refractivity contribution < 1.29 is 40.5 Å². The summed E-state index contributed by atoms with van der Waals surface area (Å²) in [5.74, 6) is -0.834. The monoisotopic (exact) mass is 288 g/mol. The molecule has 110 valence electrons. The van der Waals surface area contributed by atoms with Crippen molar-refractivity contribution in [3.05, 3.63) is 11.6 Å². The van der Waals surface area contributed by atoms with Gasteiger partial charge in [0.15, 0.2) is 6.23 Å². The molecule has 0 spiro atoms. The van der Waals surface area contributed by atoms with Crippen molar-refractivity contribution in [1.29, 1.82) is 0 Å². The normalized spacial score (nSPS) is 39.9. The fraction of sp³-hybridized carbons (Fsp3) is 0.556. The van der Waals surface area contributed by atoms with Gasteiger partial charge in [0.25, 0.3) is 11.5 Å². The number of aliphatic imine (C=N–C) groups is 1. The molecule has 5 N–H and O–H groups in total. The average Bonchev–Trinajstić information content (AvgIpc) is 2.94. The van der Waals surface area contributed by atoms with E-state index in [9.17, 15) is 20.5 Å². The number of nitrogens with one attached hydrogen (secondary N) is 1. The second-order valence-electron chi connectivity index (χ2n) is 4.37. The van der Waals surface area contributed by atoms with Crippen LogP contribution in [0.1, 0.15) is 0 Å². The number of amidine groups is 1. The molecule has 3 rings (SSSR count). The number of hydrogen-bond acceptors (Lipinski definition) is 10. The van der Waals surface area contributed by atoms with E-state index in [-0.39, 0.29) is 11.5 Å². The molecule has 0 aromatic heterocycles. The van der Waals surface area contributed by atoms with Gasteiger partial charge < -0.3 is 30.1 Å². The number of aliphatic hydroxyl groups excluding tert-OH is 3. The molecule has 3 heterocycles. The first-order valence-corrected chi connectivity index (χ1v) is 5.72. The lowest BCUT2D eigenvalue weighted by Gasteiger charge is -2.34. The van der Waals surface area contributed by atoms with Gasteiger partial charge in [-0.15, -0.1) is 0 Å². The molecular formula is C9H12N4O7. The Balaban J connectivity index is 1.89.